The van der Waals surface area contributed by atoms with Crippen molar-refractivity contribution in [1.29, 1.82) is 0 Å². The second kappa shape index (κ2) is 6.41. The van der Waals surface area contributed by atoms with Gasteiger partial charge in [-0.3, -0.25) is 9.59 Å². The van der Waals surface area contributed by atoms with Crippen LogP contribution in [0.4, 0.5) is 11.4 Å². The molecule has 0 aromatic heterocycles. The van der Waals surface area contributed by atoms with E-state index in [0.29, 0.717) is 17.1 Å². The summed E-state index contributed by atoms with van der Waals surface area (Å²) in [4.78, 5) is 23.2. The molecule has 112 valence electrons. The van der Waals surface area contributed by atoms with Gasteiger partial charge in [-0.05, 0) is 24.6 Å². The van der Waals surface area contributed by atoms with Gasteiger partial charge in [0.05, 0.1) is 12.8 Å². The van der Waals surface area contributed by atoms with Gasteiger partial charge in [-0.25, -0.2) is 0 Å². The smallest absolute Gasteiger partial charge is 0.251 e. The Balaban J connectivity index is 2.13. The van der Waals surface area contributed by atoms with E-state index >= 15 is 0 Å². The largest absolute Gasteiger partial charge is 0.494 e. The number of hydrogen-bond acceptors (Lipinski definition) is 4. The van der Waals surface area contributed by atoms with Crippen molar-refractivity contribution in [2.45, 2.75) is 13.8 Å². The maximum Gasteiger partial charge on any atom is 0.251 e. The molecule has 1 saturated heterocycles. The van der Waals surface area contributed by atoms with Crippen molar-refractivity contribution >= 4 is 23.2 Å². The predicted molar refractivity (Wildman–Crippen MR) is 81.5 cm³/mol. The monoisotopic (exact) mass is 289 g/mol. The molecule has 1 aliphatic heterocycles. The van der Waals surface area contributed by atoms with E-state index in [1.165, 1.54) is 14.0 Å². The average molecular weight is 289 g/mol. The molecule has 1 aliphatic rings. The molecular formula is C15H19N3O3. The highest BCUT2D eigenvalue weighted by Crippen LogP contribution is 2.28. The minimum Gasteiger partial charge on any atom is -0.494 e. The Kier molecular flexibility index (Phi) is 4.59. The molecule has 1 fully saturated rings. The molecule has 0 bridgehead atoms. The van der Waals surface area contributed by atoms with Crippen LogP contribution in [-0.2, 0) is 9.59 Å². The zero-order valence-electron chi connectivity index (χ0n) is 12.4. The van der Waals surface area contributed by atoms with Crippen LogP contribution in [0.15, 0.2) is 29.3 Å². The number of carbonyl (C=O) groups is 2. The van der Waals surface area contributed by atoms with Gasteiger partial charge in [-0.2, -0.15) is 0 Å². The summed E-state index contributed by atoms with van der Waals surface area (Å²) in [5.41, 5.74) is 3.05. The zero-order valence-corrected chi connectivity index (χ0v) is 12.4. The van der Waals surface area contributed by atoms with Gasteiger partial charge in [-0.1, -0.05) is 0 Å². The SMILES string of the molecule is COc1cc(NC(=O)C(C)=C2CNC2)ccc1NC(C)=O. The first-order valence-electron chi connectivity index (χ1n) is 6.67. The van der Waals surface area contributed by atoms with E-state index in [1.807, 2.05) is 6.92 Å². The zero-order chi connectivity index (χ0) is 15.4. The maximum atomic E-state index is 12.1. The van der Waals surface area contributed by atoms with Gasteiger partial charge in [0.1, 0.15) is 5.75 Å². The number of carbonyl (C=O) groups excluding carboxylic acids is 2. The Bertz CT molecular complexity index is 602. The van der Waals surface area contributed by atoms with Crippen LogP contribution in [0.2, 0.25) is 0 Å². The molecule has 2 amide bonds. The molecule has 21 heavy (non-hydrogen) atoms. The van der Waals surface area contributed by atoms with Gasteiger partial charge >= 0.3 is 0 Å². The Morgan fingerprint density at radius 1 is 1.19 bits per heavy atom. The van der Waals surface area contributed by atoms with Crippen LogP contribution in [0, 0.1) is 0 Å². The van der Waals surface area contributed by atoms with Crippen molar-refractivity contribution in [1.82, 2.24) is 5.32 Å². The van der Waals surface area contributed by atoms with Crippen molar-refractivity contribution in [2.24, 2.45) is 0 Å². The van der Waals surface area contributed by atoms with Crippen molar-refractivity contribution in [3.8, 4) is 5.75 Å². The molecule has 3 N–H and O–H groups in total. The van der Waals surface area contributed by atoms with Gasteiger partial charge in [-0.15, -0.1) is 0 Å². The Morgan fingerprint density at radius 3 is 2.43 bits per heavy atom. The first-order valence-corrected chi connectivity index (χ1v) is 6.67. The van der Waals surface area contributed by atoms with Crippen LogP contribution < -0.4 is 20.7 Å². The normalized spacial score (nSPS) is 13.2. The average Bonchev–Trinajstić information content (AvgIpc) is 2.37. The summed E-state index contributed by atoms with van der Waals surface area (Å²) in [7, 11) is 1.51. The first-order chi connectivity index (χ1) is 10.0. The van der Waals surface area contributed by atoms with Gasteiger partial charge in [0.15, 0.2) is 0 Å². The quantitative estimate of drug-likeness (QED) is 0.734. The van der Waals surface area contributed by atoms with E-state index < -0.39 is 0 Å². The third-order valence-electron chi connectivity index (χ3n) is 3.32. The van der Waals surface area contributed by atoms with Crippen molar-refractivity contribution in [3.05, 3.63) is 29.3 Å². The Labute approximate surface area is 123 Å². The number of ether oxygens (including phenoxy) is 1. The standard InChI is InChI=1S/C15H19N3O3/c1-9(11-7-16-8-11)15(20)18-12-4-5-13(17-10(2)19)14(6-12)21-3/h4-6,16H,7-8H2,1-3H3,(H,17,19)(H,18,20). The summed E-state index contributed by atoms with van der Waals surface area (Å²) in [6.45, 7) is 4.78. The van der Waals surface area contributed by atoms with Crippen LogP contribution in [0.3, 0.4) is 0 Å². The van der Waals surface area contributed by atoms with E-state index in [0.717, 1.165) is 24.2 Å². The topological polar surface area (TPSA) is 79.5 Å². The minimum atomic E-state index is -0.178. The molecule has 0 radical (unpaired) electrons. The lowest BCUT2D eigenvalue weighted by molar-refractivity contribution is -0.114. The summed E-state index contributed by atoms with van der Waals surface area (Å²) in [5, 5.41) is 8.61. The fourth-order valence-corrected chi connectivity index (χ4v) is 1.96. The number of methoxy groups -OCH3 is 1. The minimum absolute atomic E-state index is 0.124. The summed E-state index contributed by atoms with van der Waals surface area (Å²) >= 11 is 0. The van der Waals surface area contributed by atoms with Crippen molar-refractivity contribution in [2.75, 3.05) is 30.8 Å². The van der Waals surface area contributed by atoms with Gasteiger partial charge < -0.3 is 20.7 Å². The first kappa shape index (κ1) is 15.1. The van der Waals surface area contributed by atoms with Crippen molar-refractivity contribution < 1.29 is 14.3 Å². The molecule has 2 rings (SSSR count). The lowest BCUT2D eigenvalue weighted by Gasteiger charge is -2.21. The lowest BCUT2D eigenvalue weighted by atomic mass is 10.0. The highest BCUT2D eigenvalue weighted by atomic mass is 16.5. The van der Waals surface area contributed by atoms with Crippen LogP contribution in [0.5, 0.6) is 5.75 Å². The van der Waals surface area contributed by atoms with Crippen molar-refractivity contribution in [3.63, 3.8) is 0 Å². The van der Waals surface area contributed by atoms with E-state index in [-0.39, 0.29) is 11.8 Å². The number of amides is 2. The van der Waals surface area contributed by atoms with Gasteiger partial charge in [0.2, 0.25) is 5.91 Å². The second-order valence-corrected chi connectivity index (χ2v) is 4.88. The second-order valence-electron chi connectivity index (χ2n) is 4.88. The molecule has 1 aromatic carbocycles. The number of anilines is 2. The Hall–Kier alpha value is -2.34. The van der Waals surface area contributed by atoms with E-state index in [2.05, 4.69) is 16.0 Å². The molecule has 0 saturated carbocycles. The molecule has 6 heteroatoms. The summed E-state index contributed by atoms with van der Waals surface area (Å²) < 4.78 is 5.22. The molecule has 0 atom stereocenters. The molecule has 0 unspecified atom stereocenters. The molecule has 0 spiro atoms. The summed E-state index contributed by atoms with van der Waals surface area (Å²) in [6.07, 6.45) is 0. The molecule has 0 aliphatic carbocycles. The summed E-state index contributed by atoms with van der Waals surface area (Å²) in [5.74, 6) is 0.197. The van der Waals surface area contributed by atoms with Crippen LogP contribution in [-0.4, -0.2) is 32.0 Å². The molecule has 1 heterocycles. The highest BCUT2D eigenvalue weighted by Gasteiger charge is 2.16. The summed E-state index contributed by atoms with van der Waals surface area (Å²) in [6, 6.07) is 5.10. The lowest BCUT2D eigenvalue weighted by Crippen LogP contribution is -2.36. The van der Waals surface area contributed by atoms with Crippen LogP contribution in [0.25, 0.3) is 0 Å². The third-order valence-corrected chi connectivity index (χ3v) is 3.32. The van der Waals surface area contributed by atoms with E-state index in [4.69, 9.17) is 4.74 Å². The number of hydrogen-bond donors (Lipinski definition) is 3. The third kappa shape index (κ3) is 3.61. The van der Waals surface area contributed by atoms with E-state index in [9.17, 15) is 9.59 Å². The number of rotatable bonds is 4. The highest BCUT2D eigenvalue weighted by molar-refractivity contribution is 6.04. The molecule has 6 nitrogen and oxygen atoms in total. The van der Waals surface area contributed by atoms with Crippen LogP contribution in [0.1, 0.15) is 13.8 Å². The molecule has 1 aromatic rings. The van der Waals surface area contributed by atoms with Crippen LogP contribution >= 0.6 is 0 Å². The van der Waals surface area contributed by atoms with Gasteiger partial charge in [0, 0.05) is 37.3 Å². The fourth-order valence-electron chi connectivity index (χ4n) is 1.96. The molecular weight excluding hydrogens is 270 g/mol. The maximum absolute atomic E-state index is 12.1. The number of nitrogens with one attached hydrogen (secondary N) is 3. The fraction of sp³-hybridized carbons (Fsp3) is 0.333. The van der Waals surface area contributed by atoms with E-state index in [1.54, 1.807) is 18.2 Å². The predicted octanol–water partition coefficient (Wildman–Crippen LogP) is 1.51. The Morgan fingerprint density at radius 2 is 1.90 bits per heavy atom. The number of benzene rings is 1. The van der Waals surface area contributed by atoms with Gasteiger partial charge in [0.25, 0.3) is 5.91 Å².